The maximum Gasteiger partial charge on any atom is 0.250 e. The van der Waals surface area contributed by atoms with Crippen LogP contribution in [0.5, 0.6) is 5.75 Å². The van der Waals surface area contributed by atoms with Crippen molar-refractivity contribution in [3.05, 3.63) is 29.3 Å². The molecule has 0 aliphatic rings. The smallest absolute Gasteiger partial charge is 0.250 e. The van der Waals surface area contributed by atoms with Gasteiger partial charge in [0.1, 0.15) is 11.5 Å². The molecule has 0 spiro atoms. The molecule has 0 saturated carbocycles. The van der Waals surface area contributed by atoms with Gasteiger partial charge in [-0.25, -0.2) is 4.39 Å². The lowest BCUT2D eigenvalue weighted by Gasteiger charge is -2.25. The fourth-order valence-corrected chi connectivity index (χ4v) is 1.07. The molecule has 16 heavy (non-hydrogen) atoms. The van der Waals surface area contributed by atoms with Gasteiger partial charge in [-0.3, -0.25) is 4.79 Å². The minimum absolute atomic E-state index is 0.256. The first-order valence-electron chi connectivity index (χ1n) is 4.91. The fourth-order valence-electron chi connectivity index (χ4n) is 0.940. The highest BCUT2D eigenvalue weighted by molar-refractivity contribution is 6.30. The summed E-state index contributed by atoms with van der Waals surface area (Å²) in [5.41, 5.74) is -1.15. The summed E-state index contributed by atoms with van der Waals surface area (Å²) in [6, 6.07) is 6.32. The van der Waals surface area contributed by atoms with Gasteiger partial charge >= 0.3 is 0 Å². The average molecular weight is 245 g/mol. The molecule has 88 valence electrons. The number of ketones is 1. The van der Waals surface area contributed by atoms with Crippen molar-refractivity contribution in [2.24, 2.45) is 5.41 Å². The van der Waals surface area contributed by atoms with Crippen LogP contribution in [0, 0.1) is 5.41 Å². The molecule has 0 aliphatic carbocycles. The minimum Gasteiger partial charge on any atom is -0.459 e. The monoisotopic (exact) mass is 244 g/mol. The number of ether oxygens (including phenoxy) is 1. The van der Waals surface area contributed by atoms with E-state index in [4.69, 9.17) is 16.3 Å². The summed E-state index contributed by atoms with van der Waals surface area (Å²) in [5.74, 6) is 0.0974. The van der Waals surface area contributed by atoms with Crippen molar-refractivity contribution >= 4 is 17.4 Å². The Balaban J connectivity index is 2.75. The normalized spacial score (nSPS) is 13.3. The lowest BCUT2D eigenvalue weighted by Crippen LogP contribution is -2.36. The number of carbonyl (C=O) groups is 1. The average Bonchev–Trinajstić information content (AvgIpc) is 2.21. The van der Waals surface area contributed by atoms with Crippen LogP contribution in [-0.4, -0.2) is 12.1 Å². The number of hydrogen-bond donors (Lipinski definition) is 0. The van der Waals surface area contributed by atoms with Crippen LogP contribution in [0.1, 0.15) is 20.8 Å². The number of carbonyl (C=O) groups excluding carboxylic acids is 1. The molecule has 0 amide bonds. The Labute approximate surface area is 99.4 Å². The van der Waals surface area contributed by atoms with E-state index in [-0.39, 0.29) is 5.78 Å². The molecule has 1 rings (SSSR count). The van der Waals surface area contributed by atoms with Gasteiger partial charge in [-0.2, -0.15) is 0 Å². The molecule has 0 aliphatic heterocycles. The Kier molecular flexibility index (Phi) is 3.92. The van der Waals surface area contributed by atoms with Crippen LogP contribution in [0.25, 0.3) is 0 Å². The highest BCUT2D eigenvalue weighted by Crippen LogP contribution is 2.28. The molecule has 0 saturated heterocycles. The van der Waals surface area contributed by atoms with Crippen molar-refractivity contribution in [1.29, 1.82) is 0 Å². The molecule has 0 heterocycles. The van der Waals surface area contributed by atoms with Crippen LogP contribution < -0.4 is 4.74 Å². The minimum atomic E-state index is -1.67. The van der Waals surface area contributed by atoms with Crippen molar-refractivity contribution in [1.82, 2.24) is 0 Å². The van der Waals surface area contributed by atoms with Crippen LogP contribution in [0.3, 0.4) is 0 Å². The maximum absolute atomic E-state index is 13.7. The van der Waals surface area contributed by atoms with Gasteiger partial charge in [0.05, 0.1) is 5.41 Å². The Morgan fingerprint density at radius 3 is 2.31 bits per heavy atom. The molecule has 1 aromatic carbocycles. The number of Topliss-reactive ketones (excluding diaryl/α,β-unsaturated/α-hetero) is 1. The Bertz CT molecular complexity index is 373. The van der Waals surface area contributed by atoms with Crippen LogP contribution >= 0.6 is 11.6 Å². The van der Waals surface area contributed by atoms with Gasteiger partial charge < -0.3 is 4.74 Å². The zero-order chi connectivity index (χ0) is 12.3. The number of halogens is 2. The van der Waals surface area contributed by atoms with E-state index in [0.29, 0.717) is 10.8 Å². The van der Waals surface area contributed by atoms with Gasteiger partial charge in [-0.1, -0.05) is 11.6 Å². The molecular weight excluding hydrogens is 231 g/mol. The van der Waals surface area contributed by atoms with Gasteiger partial charge in [-0.05, 0) is 45.0 Å². The van der Waals surface area contributed by atoms with Crippen molar-refractivity contribution in [2.75, 3.05) is 0 Å². The summed E-state index contributed by atoms with van der Waals surface area (Å²) in [7, 11) is 0. The third-order valence-electron chi connectivity index (χ3n) is 2.53. The molecule has 0 bridgehead atoms. The fraction of sp³-hybridized carbons (Fsp3) is 0.417. The number of alkyl halides is 1. The highest BCUT2D eigenvalue weighted by Gasteiger charge is 2.36. The van der Waals surface area contributed by atoms with Crippen LogP contribution in [0.2, 0.25) is 5.02 Å². The van der Waals surface area contributed by atoms with Crippen LogP contribution in [0.15, 0.2) is 24.3 Å². The third kappa shape index (κ3) is 2.95. The summed E-state index contributed by atoms with van der Waals surface area (Å²) in [6.07, 6.45) is -1.67. The molecule has 0 aromatic heterocycles. The Hall–Kier alpha value is -1.09. The first kappa shape index (κ1) is 13.0. The summed E-state index contributed by atoms with van der Waals surface area (Å²) in [4.78, 5) is 11.2. The van der Waals surface area contributed by atoms with Gasteiger partial charge in [-0.15, -0.1) is 0 Å². The summed E-state index contributed by atoms with van der Waals surface area (Å²) < 4.78 is 18.8. The lowest BCUT2D eigenvalue weighted by atomic mass is 9.89. The van der Waals surface area contributed by atoms with Crippen molar-refractivity contribution in [3.63, 3.8) is 0 Å². The molecule has 4 heteroatoms. The standard InChI is InChI=1S/C12H14ClFO2/c1-8(15)12(2,3)11(14)16-10-6-4-9(13)5-7-10/h4-7,11H,1-3H3. The largest absolute Gasteiger partial charge is 0.459 e. The topological polar surface area (TPSA) is 26.3 Å². The zero-order valence-corrected chi connectivity index (χ0v) is 10.2. The lowest BCUT2D eigenvalue weighted by molar-refractivity contribution is -0.136. The molecule has 1 atom stereocenters. The summed E-state index contributed by atoms with van der Waals surface area (Å²) in [6.45, 7) is 4.36. The number of hydrogen-bond acceptors (Lipinski definition) is 2. The second-order valence-electron chi connectivity index (χ2n) is 4.17. The van der Waals surface area contributed by atoms with E-state index >= 15 is 0 Å². The van der Waals surface area contributed by atoms with Gasteiger partial charge in [0.2, 0.25) is 6.36 Å². The zero-order valence-electron chi connectivity index (χ0n) is 9.46. The first-order valence-corrected chi connectivity index (χ1v) is 5.29. The van der Waals surface area contributed by atoms with E-state index in [1.165, 1.54) is 20.8 Å². The van der Waals surface area contributed by atoms with Gasteiger partial charge in [0.25, 0.3) is 0 Å². The molecule has 2 nitrogen and oxygen atoms in total. The quantitative estimate of drug-likeness (QED) is 0.809. The molecule has 0 N–H and O–H groups in total. The molecule has 1 aromatic rings. The van der Waals surface area contributed by atoms with E-state index < -0.39 is 11.8 Å². The summed E-state index contributed by atoms with van der Waals surface area (Å²) >= 11 is 5.69. The van der Waals surface area contributed by atoms with Crippen LogP contribution in [0.4, 0.5) is 4.39 Å². The second-order valence-corrected chi connectivity index (χ2v) is 4.60. The number of benzene rings is 1. The Morgan fingerprint density at radius 1 is 1.38 bits per heavy atom. The molecular formula is C12H14ClFO2. The van der Waals surface area contributed by atoms with Crippen LogP contribution in [-0.2, 0) is 4.79 Å². The van der Waals surface area contributed by atoms with Crippen molar-refractivity contribution in [2.45, 2.75) is 27.1 Å². The maximum atomic E-state index is 13.7. The SMILES string of the molecule is CC(=O)C(C)(C)C(F)Oc1ccc(Cl)cc1. The van der Waals surface area contributed by atoms with Gasteiger partial charge in [0, 0.05) is 5.02 Å². The molecule has 0 fully saturated rings. The summed E-state index contributed by atoms with van der Waals surface area (Å²) in [5, 5.41) is 0.550. The van der Waals surface area contributed by atoms with Crippen molar-refractivity contribution in [3.8, 4) is 5.75 Å². The van der Waals surface area contributed by atoms with Crippen molar-refractivity contribution < 1.29 is 13.9 Å². The van der Waals surface area contributed by atoms with E-state index in [2.05, 4.69) is 0 Å². The third-order valence-corrected chi connectivity index (χ3v) is 2.78. The predicted octanol–water partition coefficient (Wildman–Crippen LogP) is 3.63. The van der Waals surface area contributed by atoms with E-state index in [1.807, 2.05) is 0 Å². The first-order chi connectivity index (χ1) is 7.34. The van der Waals surface area contributed by atoms with E-state index in [9.17, 15) is 9.18 Å². The van der Waals surface area contributed by atoms with E-state index in [1.54, 1.807) is 24.3 Å². The number of rotatable bonds is 4. The molecule has 0 radical (unpaired) electrons. The predicted molar refractivity (Wildman–Crippen MR) is 61.4 cm³/mol. The second kappa shape index (κ2) is 4.83. The highest BCUT2D eigenvalue weighted by atomic mass is 35.5. The molecule has 1 unspecified atom stereocenters. The van der Waals surface area contributed by atoms with E-state index in [0.717, 1.165) is 0 Å². The Morgan fingerprint density at radius 2 is 1.88 bits per heavy atom. The van der Waals surface area contributed by atoms with Gasteiger partial charge in [0.15, 0.2) is 0 Å².